The van der Waals surface area contributed by atoms with Crippen molar-refractivity contribution >= 4 is 11.7 Å². The third-order valence-corrected chi connectivity index (χ3v) is 3.72. The third kappa shape index (κ3) is 3.69. The first-order valence-corrected chi connectivity index (χ1v) is 7.09. The van der Waals surface area contributed by atoms with Gasteiger partial charge in [-0.15, -0.1) is 0 Å². The zero-order chi connectivity index (χ0) is 14.4. The van der Waals surface area contributed by atoms with Gasteiger partial charge in [-0.2, -0.15) is 0 Å². The molecule has 4 heteroatoms. The first kappa shape index (κ1) is 15.5. The summed E-state index contributed by atoms with van der Waals surface area (Å²) in [7, 11) is 0. The molecule has 0 atom stereocenters. The van der Waals surface area contributed by atoms with Gasteiger partial charge >= 0.3 is 0 Å². The maximum absolute atomic E-state index is 7.77. The standard InChI is InChI=1S/C15H26N4/c1-5-12(6-2)10-19(7-3)15-13(14(16)17)11(4)8-9-18-15/h8-9,12H,5-7,10H2,1-4H3,(H3,16,17). The monoisotopic (exact) mass is 262 g/mol. The van der Waals surface area contributed by atoms with Crippen molar-refractivity contribution < 1.29 is 0 Å². The lowest BCUT2D eigenvalue weighted by Crippen LogP contribution is -2.32. The Labute approximate surface area is 116 Å². The topological polar surface area (TPSA) is 66.0 Å². The van der Waals surface area contributed by atoms with E-state index in [4.69, 9.17) is 11.1 Å². The van der Waals surface area contributed by atoms with E-state index in [1.807, 2.05) is 13.0 Å². The van der Waals surface area contributed by atoms with E-state index in [0.29, 0.717) is 5.92 Å². The van der Waals surface area contributed by atoms with Gasteiger partial charge < -0.3 is 10.6 Å². The number of aryl methyl sites for hydroxylation is 1. The average Bonchev–Trinajstić information content (AvgIpc) is 2.39. The number of nitrogen functional groups attached to an aromatic ring is 1. The van der Waals surface area contributed by atoms with Gasteiger partial charge in [0, 0.05) is 19.3 Å². The number of hydrogen-bond donors (Lipinski definition) is 2. The van der Waals surface area contributed by atoms with Crippen molar-refractivity contribution in [2.75, 3.05) is 18.0 Å². The van der Waals surface area contributed by atoms with Gasteiger partial charge in [0.1, 0.15) is 11.7 Å². The van der Waals surface area contributed by atoms with Crippen LogP contribution in [0.4, 0.5) is 5.82 Å². The minimum absolute atomic E-state index is 0.101. The molecule has 0 bridgehead atoms. The van der Waals surface area contributed by atoms with Gasteiger partial charge in [-0.05, 0) is 31.4 Å². The summed E-state index contributed by atoms with van der Waals surface area (Å²) in [6.45, 7) is 10.4. The Bertz CT molecular complexity index is 424. The molecule has 0 radical (unpaired) electrons. The number of nitrogens with one attached hydrogen (secondary N) is 1. The molecule has 0 aliphatic carbocycles. The van der Waals surface area contributed by atoms with E-state index in [9.17, 15) is 0 Å². The van der Waals surface area contributed by atoms with Crippen LogP contribution in [0, 0.1) is 18.3 Å². The molecule has 3 N–H and O–H groups in total. The van der Waals surface area contributed by atoms with Crippen molar-refractivity contribution in [1.29, 1.82) is 5.41 Å². The first-order valence-electron chi connectivity index (χ1n) is 7.09. The van der Waals surface area contributed by atoms with Gasteiger partial charge in [0.15, 0.2) is 0 Å². The van der Waals surface area contributed by atoms with Gasteiger partial charge in [0.05, 0.1) is 5.56 Å². The van der Waals surface area contributed by atoms with Crippen LogP contribution in [0.2, 0.25) is 0 Å². The third-order valence-electron chi connectivity index (χ3n) is 3.72. The molecule has 0 fully saturated rings. The Morgan fingerprint density at radius 2 is 2.00 bits per heavy atom. The minimum atomic E-state index is 0.101. The second-order valence-corrected chi connectivity index (χ2v) is 4.96. The average molecular weight is 262 g/mol. The molecule has 1 aromatic rings. The summed E-state index contributed by atoms with van der Waals surface area (Å²) < 4.78 is 0. The van der Waals surface area contributed by atoms with Gasteiger partial charge in [-0.1, -0.05) is 26.7 Å². The SMILES string of the molecule is CCC(CC)CN(CC)c1nccc(C)c1C(=N)N. The van der Waals surface area contributed by atoms with E-state index in [0.717, 1.165) is 42.9 Å². The maximum Gasteiger partial charge on any atom is 0.139 e. The van der Waals surface area contributed by atoms with E-state index >= 15 is 0 Å². The molecular formula is C15H26N4. The molecule has 1 rings (SSSR count). The Kier molecular flexibility index (Phi) is 5.80. The van der Waals surface area contributed by atoms with Crippen LogP contribution < -0.4 is 10.6 Å². The molecule has 106 valence electrons. The van der Waals surface area contributed by atoms with E-state index in [1.165, 1.54) is 0 Å². The zero-order valence-corrected chi connectivity index (χ0v) is 12.5. The molecule has 1 aromatic heterocycles. The summed E-state index contributed by atoms with van der Waals surface area (Å²) in [5.74, 6) is 1.60. The number of rotatable bonds is 7. The van der Waals surface area contributed by atoms with Crippen molar-refractivity contribution in [3.05, 3.63) is 23.4 Å². The number of anilines is 1. The number of amidine groups is 1. The van der Waals surface area contributed by atoms with Crippen molar-refractivity contribution in [1.82, 2.24) is 4.98 Å². The maximum atomic E-state index is 7.77. The van der Waals surface area contributed by atoms with E-state index in [-0.39, 0.29) is 5.84 Å². The number of pyridine rings is 1. The van der Waals surface area contributed by atoms with Crippen LogP contribution in [0.5, 0.6) is 0 Å². The largest absolute Gasteiger partial charge is 0.384 e. The molecule has 0 aliphatic heterocycles. The highest BCUT2D eigenvalue weighted by molar-refractivity contribution is 6.01. The highest BCUT2D eigenvalue weighted by atomic mass is 15.2. The molecule has 0 aromatic carbocycles. The Morgan fingerprint density at radius 3 is 2.47 bits per heavy atom. The van der Waals surface area contributed by atoms with Gasteiger partial charge in [-0.3, -0.25) is 5.41 Å². The van der Waals surface area contributed by atoms with Crippen LogP contribution in [-0.2, 0) is 0 Å². The Balaban J connectivity index is 3.11. The number of aromatic nitrogens is 1. The fourth-order valence-corrected chi connectivity index (χ4v) is 2.34. The smallest absolute Gasteiger partial charge is 0.139 e. The zero-order valence-electron chi connectivity index (χ0n) is 12.5. The lowest BCUT2D eigenvalue weighted by atomic mass is 10.0. The van der Waals surface area contributed by atoms with E-state index < -0.39 is 0 Å². The minimum Gasteiger partial charge on any atom is -0.384 e. The molecule has 4 nitrogen and oxygen atoms in total. The molecule has 0 saturated carbocycles. The molecular weight excluding hydrogens is 236 g/mol. The predicted octanol–water partition coefficient (Wildman–Crippen LogP) is 2.94. The van der Waals surface area contributed by atoms with Crippen LogP contribution in [0.25, 0.3) is 0 Å². The fourth-order valence-electron chi connectivity index (χ4n) is 2.34. The summed E-state index contributed by atoms with van der Waals surface area (Å²) in [6, 6.07) is 1.91. The van der Waals surface area contributed by atoms with Gasteiger partial charge in [0.25, 0.3) is 0 Å². The summed E-state index contributed by atoms with van der Waals surface area (Å²) in [4.78, 5) is 6.70. The Morgan fingerprint density at radius 1 is 1.37 bits per heavy atom. The molecule has 1 heterocycles. The number of nitrogens with two attached hydrogens (primary N) is 1. The summed E-state index contributed by atoms with van der Waals surface area (Å²) in [5, 5.41) is 7.77. The lowest BCUT2D eigenvalue weighted by Gasteiger charge is -2.28. The molecule has 0 saturated heterocycles. The van der Waals surface area contributed by atoms with Gasteiger partial charge in [0.2, 0.25) is 0 Å². The van der Waals surface area contributed by atoms with Crippen molar-refractivity contribution in [2.24, 2.45) is 11.7 Å². The fraction of sp³-hybridized carbons (Fsp3) is 0.600. The van der Waals surface area contributed by atoms with Crippen LogP contribution in [0.3, 0.4) is 0 Å². The van der Waals surface area contributed by atoms with Crippen LogP contribution in [0.15, 0.2) is 12.3 Å². The first-order chi connectivity index (χ1) is 9.04. The van der Waals surface area contributed by atoms with Crippen LogP contribution >= 0.6 is 0 Å². The second-order valence-electron chi connectivity index (χ2n) is 4.96. The number of hydrogen-bond acceptors (Lipinski definition) is 3. The Hall–Kier alpha value is -1.58. The highest BCUT2D eigenvalue weighted by Gasteiger charge is 2.17. The van der Waals surface area contributed by atoms with Crippen molar-refractivity contribution in [3.63, 3.8) is 0 Å². The predicted molar refractivity (Wildman–Crippen MR) is 81.9 cm³/mol. The van der Waals surface area contributed by atoms with Crippen LogP contribution in [0.1, 0.15) is 44.7 Å². The summed E-state index contributed by atoms with van der Waals surface area (Å²) in [5.41, 5.74) is 7.51. The molecule has 0 aliphatic rings. The van der Waals surface area contributed by atoms with Gasteiger partial charge in [-0.25, -0.2) is 4.98 Å². The quantitative estimate of drug-likeness (QED) is 0.586. The normalized spacial score (nSPS) is 10.8. The van der Waals surface area contributed by atoms with Crippen molar-refractivity contribution in [3.8, 4) is 0 Å². The van der Waals surface area contributed by atoms with E-state index in [1.54, 1.807) is 6.20 Å². The van der Waals surface area contributed by atoms with Crippen molar-refractivity contribution in [2.45, 2.75) is 40.5 Å². The van der Waals surface area contributed by atoms with E-state index in [2.05, 4.69) is 30.7 Å². The molecule has 0 spiro atoms. The molecule has 0 unspecified atom stereocenters. The summed E-state index contributed by atoms with van der Waals surface area (Å²) in [6.07, 6.45) is 4.12. The lowest BCUT2D eigenvalue weighted by molar-refractivity contribution is 0.484. The van der Waals surface area contributed by atoms with Crippen LogP contribution in [-0.4, -0.2) is 23.9 Å². The molecule has 0 amide bonds. The second kappa shape index (κ2) is 7.12. The number of nitrogens with zero attached hydrogens (tertiary/aromatic N) is 2. The summed E-state index contributed by atoms with van der Waals surface area (Å²) >= 11 is 0. The molecule has 19 heavy (non-hydrogen) atoms. The highest BCUT2D eigenvalue weighted by Crippen LogP contribution is 2.22.